The van der Waals surface area contributed by atoms with Gasteiger partial charge in [0, 0.05) is 24.6 Å². The minimum absolute atomic E-state index is 0.340. The molecule has 16 heavy (non-hydrogen) atoms. The van der Waals surface area contributed by atoms with Crippen molar-refractivity contribution in [2.45, 2.75) is 26.3 Å². The highest BCUT2D eigenvalue weighted by Gasteiger charge is 2.12. The van der Waals surface area contributed by atoms with Crippen LogP contribution in [-0.2, 0) is 0 Å². The summed E-state index contributed by atoms with van der Waals surface area (Å²) in [4.78, 5) is 8.20. The van der Waals surface area contributed by atoms with Gasteiger partial charge in [0.15, 0.2) is 0 Å². The van der Waals surface area contributed by atoms with Gasteiger partial charge in [0.25, 0.3) is 0 Å². The Labute approximate surface area is 94.3 Å². The Hall–Kier alpha value is -1.91. The van der Waals surface area contributed by atoms with Crippen molar-refractivity contribution in [1.82, 2.24) is 19.7 Å². The molecular weight excluding hydrogens is 202 g/mol. The van der Waals surface area contributed by atoms with E-state index >= 15 is 0 Å². The molecule has 5 heteroatoms. The van der Waals surface area contributed by atoms with Crippen molar-refractivity contribution in [2.24, 2.45) is 0 Å². The van der Waals surface area contributed by atoms with Crippen LogP contribution >= 0.6 is 0 Å². The monoisotopic (exact) mass is 217 g/mol. The minimum atomic E-state index is 0.340. The largest absolute Gasteiger partial charge is 0.396 e. The van der Waals surface area contributed by atoms with Crippen LogP contribution in [-0.4, -0.2) is 19.7 Å². The first-order valence-corrected chi connectivity index (χ1v) is 5.33. The SMILES string of the molecule is CCC(C)n1cc(N)c(-c2cnccn2)n1. The summed E-state index contributed by atoms with van der Waals surface area (Å²) >= 11 is 0. The fourth-order valence-electron chi connectivity index (χ4n) is 1.44. The van der Waals surface area contributed by atoms with Crippen molar-refractivity contribution in [3.05, 3.63) is 24.8 Å². The Morgan fingerprint density at radius 1 is 1.44 bits per heavy atom. The standard InChI is InChI=1S/C11H15N5/c1-3-8(2)16-7-9(12)11(15-16)10-6-13-4-5-14-10/h4-8H,3,12H2,1-2H3. The number of nitrogens with zero attached hydrogens (tertiary/aromatic N) is 4. The molecule has 0 aliphatic carbocycles. The van der Waals surface area contributed by atoms with Crippen molar-refractivity contribution in [2.75, 3.05) is 5.73 Å². The molecule has 0 spiro atoms. The van der Waals surface area contributed by atoms with Crippen molar-refractivity contribution < 1.29 is 0 Å². The maximum Gasteiger partial charge on any atom is 0.135 e. The first-order valence-electron chi connectivity index (χ1n) is 5.33. The number of hydrogen-bond acceptors (Lipinski definition) is 4. The van der Waals surface area contributed by atoms with Crippen LogP contribution in [0.5, 0.6) is 0 Å². The smallest absolute Gasteiger partial charge is 0.135 e. The summed E-state index contributed by atoms with van der Waals surface area (Å²) in [5.74, 6) is 0. The summed E-state index contributed by atoms with van der Waals surface area (Å²) in [6.45, 7) is 4.22. The van der Waals surface area contributed by atoms with Gasteiger partial charge in [-0.15, -0.1) is 0 Å². The maximum atomic E-state index is 5.91. The van der Waals surface area contributed by atoms with Gasteiger partial charge in [0.2, 0.25) is 0 Å². The molecule has 1 unspecified atom stereocenters. The molecule has 0 aliphatic heterocycles. The average Bonchev–Trinajstić information content (AvgIpc) is 2.71. The molecule has 2 aromatic rings. The summed E-state index contributed by atoms with van der Waals surface area (Å²) < 4.78 is 1.87. The van der Waals surface area contributed by atoms with E-state index in [0.717, 1.165) is 6.42 Å². The summed E-state index contributed by atoms with van der Waals surface area (Å²) in [6, 6.07) is 0.340. The molecule has 84 valence electrons. The van der Waals surface area contributed by atoms with Crippen LogP contribution in [0.4, 0.5) is 5.69 Å². The molecule has 2 heterocycles. The van der Waals surface area contributed by atoms with E-state index in [0.29, 0.717) is 23.1 Å². The summed E-state index contributed by atoms with van der Waals surface area (Å²) in [5, 5.41) is 4.44. The highest BCUT2D eigenvalue weighted by molar-refractivity contribution is 5.68. The van der Waals surface area contributed by atoms with E-state index in [2.05, 4.69) is 28.9 Å². The van der Waals surface area contributed by atoms with Crippen LogP contribution in [0.3, 0.4) is 0 Å². The normalized spacial score (nSPS) is 12.6. The number of aromatic nitrogens is 4. The van der Waals surface area contributed by atoms with Crippen LogP contribution in [0, 0.1) is 0 Å². The van der Waals surface area contributed by atoms with Gasteiger partial charge in [-0.2, -0.15) is 5.10 Å². The highest BCUT2D eigenvalue weighted by Crippen LogP contribution is 2.23. The molecular formula is C11H15N5. The molecule has 0 bridgehead atoms. The van der Waals surface area contributed by atoms with E-state index < -0.39 is 0 Å². The third kappa shape index (κ3) is 1.88. The predicted octanol–water partition coefficient (Wildman–Crippen LogP) is 1.89. The van der Waals surface area contributed by atoms with Crippen LogP contribution in [0.15, 0.2) is 24.8 Å². The Kier molecular flexibility index (Phi) is 2.85. The van der Waals surface area contributed by atoms with E-state index in [1.165, 1.54) is 0 Å². The zero-order valence-electron chi connectivity index (χ0n) is 9.46. The molecule has 2 N–H and O–H groups in total. The van der Waals surface area contributed by atoms with Crippen molar-refractivity contribution >= 4 is 5.69 Å². The average molecular weight is 217 g/mol. The number of nitrogen functional groups attached to an aromatic ring is 1. The lowest BCUT2D eigenvalue weighted by Gasteiger charge is -2.07. The molecule has 0 amide bonds. The fourth-order valence-corrected chi connectivity index (χ4v) is 1.44. The Bertz CT molecular complexity index is 462. The molecule has 2 rings (SSSR count). The third-order valence-corrected chi connectivity index (χ3v) is 2.61. The van der Waals surface area contributed by atoms with Gasteiger partial charge in [-0.1, -0.05) is 6.92 Å². The molecule has 1 atom stereocenters. The van der Waals surface area contributed by atoms with Crippen LogP contribution in [0.1, 0.15) is 26.3 Å². The van der Waals surface area contributed by atoms with E-state index in [-0.39, 0.29) is 0 Å². The first-order chi connectivity index (χ1) is 7.72. The molecule has 5 nitrogen and oxygen atoms in total. The van der Waals surface area contributed by atoms with Crippen LogP contribution in [0.25, 0.3) is 11.4 Å². The summed E-state index contributed by atoms with van der Waals surface area (Å²) in [6.07, 6.45) is 7.79. The quantitative estimate of drug-likeness (QED) is 0.852. The Balaban J connectivity index is 2.40. The van der Waals surface area contributed by atoms with E-state index in [1.54, 1.807) is 18.6 Å². The van der Waals surface area contributed by atoms with Gasteiger partial charge in [-0.3, -0.25) is 14.6 Å². The number of hydrogen-bond donors (Lipinski definition) is 1. The molecule has 0 saturated carbocycles. The second kappa shape index (κ2) is 4.30. The van der Waals surface area contributed by atoms with Gasteiger partial charge in [-0.25, -0.2) is 0 Å². The lowest BCUT2D eigenvalue weighted by Crippen LogP contribution is -2.04. The second-order valence-corrected chi connectivity index (χ2v) is 3.76. The topological polar surface area (TPSA) is 69.6 Å². The number of nitrogens with two attached hydrogens (primary N) is 1. The van der Waals surface area contributed by atoms with Crippen molar-refractivity contribution in [3.63, 3.8) is 0 Å². The zero-order valence-corrected chi connectivity index (χ0v) is 9.46. The van der Waals surface area contributed by atoms with Crippen LogP contribution in [0.2, 0.25) is 0 Å². The fraction of sp³-hybridized carbons (Fsp3) is 0.364. The molecule has 0 aliphatic rings. The number of anilines is 1. The summed E-state index contributed by atoms with van der Waals surface area (Å²) in [7, 11) is 0. The van der Waals surface area contributed by atoms with E-state index in [1.807, 2.05) is 10.9 Å². The van der Waals surface area contributed by atoms with Gasteiger partial charge >= 0.3 is 0 Å². The van der Waals surface area contributed by atoms with Crippen molar-refractivity contribution in [3.8, 4) is 11.4 Å². The van der Waals surface area contributed by atoms with Gasteiger partial charge in [0.1, 0.15) is 11.4 Å². The zero-order chi connectivity index (χ0) is 11.5. The molecule has 0 aromatic carbocycles. The van der Waals surface area contributed by atoms with E-state index in [9.17, 15) is 0 Å². The molecule has 0 radical (unpaired) electrons. The van der Waals surface area contributed by atoms with E-state index in [4.69, 9.17) is 5.73 Å². The van der Waals surface area contributed by atoms with Gasteiger partial charge < -0.3 is 5.73 Å². The molecule has 2 aromatic heterocycles. The summed E-state index contributed by atoms with van der Waals surface area (Å²) in [5.41, 5.74) is 7.97. The Morgan fingerprint density at radius 3 is 2.88 bits per heavy atom. The third-order valence-electron chi connectivity index (χ3n) is 2.61. The predicted molar refractivity (Wildman–Crippen MR) is 62.7 cm³/mol. The number of rotatable bonds is 3. The van der Waals surface area contributed by atoms with Gasteiger partial charge in [0.05, 0.1) is 11.9 Å². The Morgan fingerprint density at radius 2 is 2.25 bits per heavy atom. The molecule has 0 saturated heterocycles. The molecule has 0 fully saturated rings. The second-order valence-electron chi connectivity index (χ2n) is 3.76. The maximum absolute atomic E-state index is 5.91. The van der Waals surface area contributed by atoms with Crippen molar-refractivity contribution in [1.29, 1.82) is 0 Å². The minimum Gasteiger partial charge on any atom is -0.396 e. The van der Waals surface area contributed by atoms with Crippen LogP contribution < -0.4 is 5.73 Å². The first kappa shape index (κ1) is 10.6. The lowest BCUT2D eigenvalue weighted by atomic mass is 10.3. The highest BCUT2D eigenvalue weighted by atomic mass is 15.3. The van der Waals surface area contributed by atoms with Gasteiger partial charge in [-0.05, 0) is 13.3 Å². The lowest BCUT2D eigenvalue weighted by molar-refractivity contribution is 0.479.